The molecular weight excluding hydrogens is 604 g/mol. The summed E-state index contributed by atoms with van der Waals surface area (Å²) in [7, 11) is 4.83. The predicted octanol–water partition coefficient (Wildman–Crippen LogP) is 6.77. The van der Waals surface area contributed by atoms with Gasteiger partial charge in [-0.3, -0.25) is 0 Å². The highest BCUT2D eigenvalue weighted by molar-refractivity contribution is 9.10. The van der Waals surface area contributed by atoms with Gasteiger partial charge in [-0.1, -0.05) is 6.92 Å². The number of nitrogens with zero attached hydrogens (tertiary/aromatic N) is 5. The Kier molecular flexibility index (Phi) is 8.01. The van der Waals surface area contributed by atoms with E-state index in [4.69, 9.17) is 24.2 Å². The third kappa shape index (κ3) is 5.33. The lowest BCUT2D eigenvalue weighted by Crippen LogP contribution is -2.36. The molecule has 1 aliphatic heterocycles. The van der Waals surface area contributed by atoms with Crippen LogP contribution in [0.5, 0.6) is 17.2 Å². The fourth-order valence-electron chi connectivity index (χ4n) is 5.70. The zero-order valence-electron chi connectivity index (χ0n) is 23.6. The number of thiophene rings is 1. The van der Waals surface area contributed by atoms with Crippen molar-refractivity contribution in [3.63, 3.8) is 0 Å². The number of likely N-dealkylation sites (tertiary alicyclic amines) is 1. The molecule has 0 aliphatic carbocycles. The van der Waals surface area contributed by atoms with Crippen LogP contribution in [0.15, 0.2) is 46.6 Å². The van der Waals surface area contributed by atoms with E-state index in [0.717, 1.165) is 68.6 Å². The molecular formula is C30H33BrN6O3S. The first-order valence-corrected chi connectivity index (χ1v) is 15.4. The van der Waals surface area contributed by atoms with Crippen molar-refractivity contribution in [1.29, 1.82) is 0 Å². The Morgan fingerprint density at radius 3 is 2.63 bits per heavy atom. The largest absolute Gasteiger partial charge is 0.493 e. The van der Waals surface area contributed by atoms with Crippen molar-refractivity contribution in [3.8, 4) is 28.5 Å². The standard InChI is InChI=1S/C30H33BrN6O3S/c1-5-36-9-6-7-19(16-36)37-17-21(20-13-26(31)32-15-23(20)37)27-29-22(8-10-41-29)34-30(35-27)33-14-18-11-24(38-2)28(40-4)25(12-18)39-3/h8,10-13,15,17,19H,5-7,9,14,16H2,1-4H3,(H,33,34,35). The smallest absolute Gasteiger partial charge is 0.224 e. The Morgan fingerprint density at radius 1 is 1.10 bits per heavy atom. The first-order valence-electron chi connectivity index (χ1n) is 13.7. The molecule has 0 bridgehead atoms. The number of hydrogen-bond donors (Lipinski definition) is 1. The lowest BCUT2D eigenvalue weighted by molar-refractivity contribution is 0.188. The minimum absolute atomic E-state index is 0.390. The number of anilines is 1. The fourth-order valence-corrected chi connectivity index (χ4v) is 6.87. The molecule has 214 valence electrons. The summed E-state index contributed by atoms with van der Waals surface area (Å²) < 4.78 is 20.8. The number of benzene rings is 1. The van der Waals surface area contributed by atoms with Crippen molar-refractivity contribution in [2.45, 2.75) is 32.4 Å². The highest BCUT2D eigenvalue weighted by atomic mass is 79.9. The van der Waals surface area contributed by atoms with E-state index < -0.39 is 0 Å². The van der Waals surface area contributed by atoms with Crippen LogP contribution in [-0.4, -0.2) is 65.4 Å². The number of pyridine rings is 1. The van der Waals surface area contributed by atoms with E-state index in [1.54, 1.807) is 32.7 Å². The number of aromatic nitrogens is 4. The molecule has 0 amide bonds. The maximum Gasteiger partial charge on any atom is 0.224 e. The average molecular weight is 638 g/mol. The number of likely N-dealkylation sites (N-methyl/N-ethyl adjacent to an activating group) is 1. The van der Waals surface area contributed by atoms with Gasteiger partial charge in [0.05, 0.1) is 49.0 Å². The zero-order valence-corrected chi connectivity index (χ0v) is 26.0. The number of methoxy groups -OCH3 is 3. The normalized spacial score (nSPS) is 15.9. The summed E-state index contributed by atoms with van der Waals surface area (Å²) in [5.74, 6) is 2.34. The molecule has 11 heteroatoms. The second-order valence-electron chi connectivity index (χ2n) is 10.1. The summed E-state index contributed by atoms with van der Waals surface area (Å²) in [4.78, 5) is 17.0. The van der Waals surface area contributed by atoms with E-state index in [-0.39, 0.29) is 0 Å². The van der Waals surface area contributed by atoms with Gasteiger partial charge >= 0.3 is 0 Å². The molecule has 1 aliphatic rings. The van der Waals surface area contributed by atoms with Crippen LogP contribution in [0, 0.1) is 0 Å². The first kappa shape index (κ1) is 27.7. The van der Waals surface area contributed by atoms with Gasteiger partial charge < -0.3 is 29.0 Å². The first-order chi connectivity index (χ1) is 20.0. The van der Waals surface area contributed by atoms with E-state index in [2.05, 4.69) is 60.3 Å². The number of rotatable bonds is 9. The van der Waals surface area contributed by atoms with E-state index >= 15 is 0 Å². The topological polar surface area (TPSA) is 86.6 Å². The minimum atomic E-state index is 0.390. The SMILES string of the molecule is CCN1CCCC(n2cc(-c3nc(NCc4cc(OC)c(OC)c(OC)c4)nc4ccsc34)c3cc(Br)ncc32)C1. The van der Waals surface area contributed by atoms with Crippen LogP contribution < -0.4 is 19.5 Å². The van der Waals surface area contributed by atoms with Gasteiger partial charge in [-0.25, -0.2) is 15.0 Å². The fraction of sp³-hybridized carbons (Fsp3) is 0.367. The third-order valence-corrected chi connectivity index (χ3v) is 9.09. The number of fused-ring (bicyclic) bond motifs is 2. The van der Waals surface area contributed by atoms with Gasteiger partial charge in [-0.2, -0.15) is 0 Å². The van der Waals surface area contributed by atoms with Crippen LogP contribution in [0.25, 0.3) is 32.4 Å². The van der Waals surface area contributed by atoms with Crippen LogP contribution in [0.1, 0.15) is 31.4 Å². The average Bonchev–Trinajstić information content (AvgIpc) is 3.63. The quantitative estimate of drug-likeness (QED) is 0.178. The summed E-state index contributed by atoms with van der Waals surface area (Å²) in [6.07, 6.45) is 6.59. The molecule has 1 saturated heterocycles. The van der Waals surface area contributed by atoms with E-state index in [0.29, 0.717) is 35.8 Å². The summed E-state index contributed by atoms with van der Waals surface area (Å²) in [5, 5.41) is 6.63. The second-order valence-corrected chi connectivity index (χ2v) is 11.8. The maximum atomic E-state index is 5.54. The van der Waals surface area contributed by atoms with Gasteiger partial charge in [0.15, 0.2) is 11.5 Å². The van der Waals surface area contributed by atoms with E-state index in [1.165, 1.54) is 6.42 Å². The van der Waals surface area contributed by atoms with Crippen LogP contribution >= 0.6 is 27.3 Å². The molecule has 1 atom stereocenters. The number of piperidine rings is 1. The summed E-state index contributed by atoms with van der Waals surface area (Å²) in [6, 6.07) is 8.40. The van der Waals surface area contributed by atoms with E-state index in [1.807, 2.05) is 24.4 Å². The molecule has 4 aromatic heterocycles. The molecule has 1 unspecified atom stereocenters. The minimum Gasteiger partial charge on any atom is -0.493 e. The number of hydrogen-bond acceptors (Lipinski definition) is 9. The lowest BCUT2D eigenvalue weighted by Gasteiger charge is -2.33. The Hall–Kier alpha value is -3.41. The van der Waals surface area contributed by atoms with Gasteiger partial charge in [0.2, 0.25) is 11.7 Å². The number of nitrogens with one attached hydrogen (secondary N) is 1. The maximum absolute atomic E-state index is 5.54. The predicted molar refractivity (Wildman–Crippen MR) is 168 cm³/mol. The Balaban J connectivity index is 1.40. The molecule has 0 radical (unpaired) electrons. The summed E-state index contributed by atoms with van der Waals surface area (Å²) in [6.45, 7) is 5.98. The molecule has 1 N–H and O–H groups in total. The zero-order chi connectivity index (χ0) is 28.5. The molecule has 5 aromatic rings. The van der Waals surface area contributed by atoms with Gasteiger partial charge in [-0.15, -0.1) is 11.3 Å². The van der Waals surface area contributed by atoms with Crippen LogP contribution in [0.3, 0.4) is 0 Å². The van der Waals surface area contributed by atoms with Crippen molar-refractivity contribution in [1.82, 2.24) is 24.4 Å². The highest BCUT2D eigenvalue weighted by Gasteiger charge is 2.25. The lowest BCUT2D eigenvalue weighted by atomic mass is 10.1. The van der Waals surface area contributed by atoms with Gasteiger partial charge in [-0.05, 0) is 77.1 Å². The number of halogens is 1. The third-order valence-electron chi connectivity index (χ3n) is 7.74. The van der Waals surface area contributed by atoms with Crippen molar-refractivity contribution < 1.29 is 14.2 Å². The summed E-state index contributed by atoms with van der Waals surface area (Å²) in [5.41, 5.74) is 5.00. The summed E-state index contributed by atoms with van der Waals surface area (Å²) >= 11 is 5.27. The van der Waals surface area contributed by atoms with Crippen molar-refractivity contribution in [3.05, 3.63) is 52.2 Å². The molecule has 1 aromatic carbocycles. The van der Waals surface area contributed by atoms with Crippen molar-refractivity contribution >= 4 is 54.3 Å². The van der Waals surface area contributed by atoms with Crippen molar-refractivity contribution in [2.24, 2.45) is 0 Å². The van der Waals surface area contributed by atoms with Crippen molar-refractivity contribution in [2.75, 3.05) is 46.3 Å². The van der Waals surface area contributed by atoms with Crippen LogP contribution in [0.4, 0.5) is 5.95 Å². The number of ether oxygens (including phenoxy) is 3. The Bertz CT molecular complexity index is 1680. The second kappa shape index (κ2) is 11.8. The van der Waals surface area contributed by atoms with Crippen LogP contribution in [-0.2, 0) is 6.54 Å². The Labute approximate surface area is 251 Å². The van der Waals surface area contributed by atoms with Gasteiger partial charge in [0.25, 0.3) is 0 Å². The molecule has 9 nitrogen and oxygen atoms in total. The van der Waals surface area contributed by atoms with Crippen LogP contribution in [0.2, 0.25) is 0 Å². The monoisotopic (exact) mass is 636 g/mol. The Morgan fingerprint density at radius 2 is 1.90 bits per heavy atom. The molecule has 6 rings (SSSR count). The van der Waals surface area contributed by atoms with Gasteiger partial charge in [0.1, 0.15) is 4.60 Å². The molecule has 1 fully saturated rings. The highest BCUT2D eigenvalue weighted by Crippen LogP contribution is 2.40. The van der Waals surface area contributed by atoms with E-state index in [9.17, 15) is 0 Å². The molecule has 41 heavy (non-hydrogen) atoms. The molecule has 0 saturated carbocycles. The molecule has 0 spiro atoms. The van der Waals surface area contributed by atoms with Gasteiger partial charge in [0, 0.05) is 36.3 Å². The molecule has 5 heterocycles.